The Morgan fingerprint density at radius 3 is 2.04 bits per heavy atom. The summed E-state index contributed by atoms with van der Waals surface area (Å²) in [6.07, 6.45) is 13.5. The number of methoxy groups -OCH3 is 1. The van der Waals surface area contributed by atoms with Crippen molar-refractivity contribution in [2.24, 2.45) is 0 Å². The SMILES string of the molecule is CCN1/C(=C/C=C/C=C/C2=[N+](CCCCCC(=O)NCCCCNC(=O)Cc3c(C)n(C(=O)c4ccc(Cl)cc4)c4ccc(OC)cc34)c3ccc(S(=O)(=O)[O-])cc3C2(C)C)C(C)(C)c2cc(S(=O)(=O)[O-])ccc21.[K+]. The van der Waals surface area contributed by atoms with Crippen molar-refractivity contribution in [3.05, 3.63) is 148 Å². The maximum absolute atomic E-state index is 13.7. The van der Waals surface area contributed by atoms with E-state index in [4.69, 9.17) is 16.3 Å². The van der Waals surface area contributed by atoms with Gasteiger partial charge in [0.05, 0.1) is 34.3 Å². The Bertz CT molecular complexity index is 3360. The Balaban J connectivity index is 0.00000914. The van der Waals surface area contributed by atoms with Gasteiger partial charge in [0.15, 0.2) is 5.71 Å². The smallest absolute Gasteiger partial charge is 0.744 e. The van der Waals surface area contributed by atoms with E-state index in [0.29, 0.717) is 85.0 Å². The van der Waals surface area contributed by atoms with Crippen molar-refractivity contribution in [1.82, 2.24) is 15.2 Å². The minimum absolute atomic E-state index is 0. The Labute approximate surface area is 488 Å². The zero-order valence-corrected chi connectivity index (χ0v) is 49.3. The molecule has 2 N–H and O–H groups in total. The summed E-state index contributed by atoms with van der Waals surface area (Å²) in [7, 11) is -7.76. The number of ether oxygens (including phenoxy) is 1. The van der Waals surface area contributed by atoms with Gasteiger partial charge in [-0.2, -0.15) is 4.58 Å². The number of allylic oxidation sites excluding steroid dienone is 6. The molecule has 15 nitrogen and oxygen atoms in total. The second kappa shape index (κ2) is 24.7. The van der Waals surface area contributed by atoms with Crippen LogP contribution in [-0.4, -0.2) is 91.8 Å². The molecule has 392 valence electrons. The first kappa shape index (κ1) is 59.5. The first-order valence-corrected chi connectivity index (χ1v) is 27.9. The maximum Gasteiger partial charge on any atom is 1.00 e. The van der Waals surface area contributed by atoms with E-state index in [1.807, 2.05) is 84.1 Å². The number of carbonyl (C=O) groups excluding carboxylic acids is 3. The third-order valence-corrected chi connectivity index (χ3v) is 16.0. The van der Waals surface area contributed by atoms with Crippen molar-refractivity contribution in [3.63, 3.8) is 0 Å². The van der Waals surface area contributed by atoms with Gasteiger partial charge in [0.25, 0.3) is 5.91 Å². The van der Waals surface area contributed by atoms with E-state index >= 15 is 0 Å². The summed E-state index contributed by atoms with van der Waals surface area (Å²) >= 11 is 6.06. The number of anilines is 1. The molecule has 0 spiro atoms. The second-order valence-electron chi connectivity index (χ2n) is 19.6. The Morgan fingerprint density at radius 2 is 1.40 bits per heavy atom. The number of hydrogen-bond acceptors (Lipinski definition) is 11. The summed E-state index contributed by atoms with van der Waals surface area (Å²) < 4.78 is 81.0. The van der Waals surface area contributed by atoms with E-state index in [2.05, 4.69) is 20.1 Å². The summed E-state index contributed by atoms with van der Waals surface area (Å²) in [4.78, 5) is 41.2. The van der Waals surface area contributed by atoms with Crippen LogP contribution in [0.1, 0.15) is 106 Å². The fraction of sp³-hybridized carbons (Fsp3) is 0.357. The van der Waals surface area contributed by atoms with Crippen LogP contribution in [0.3, 0.4) is 0 Å². The number of unbranched alkanes of at least 4 members (excludes halogenated alkanes) is 3. The average molecular weight is 1100 g/mol. The molecule has 75 heavy (non-hydrogen) atoms. The van der Waals surface area contributed by atoms with E-state index in [1.54, 1.807) is 54.1 Å². The molecule has 2 aliphatic heterocycles. The molecule has 0 fully saturated rings. The van der Waals surface area contributed by atoms with Crippen molar-refractivity contribution < 1.29 is 101 Å². The zero-order valence-electron chi connectivity index (χ0n) is 43.8. The molecule has 5 aromatic rings. The van der Waals surface area contributed by atoms with Crippen molar-refractivity contribution in [3.8, 4) is 5.75 Å². The van der Waals surface area contributed by atoms with Crippen LogP contribution in [0.25, 0.3) is 10.9 Å². The fourth-order valence-electron chi connectivity index (χ4n) is 10.1. The number of rotatable bonds is 21. The van der Waals surface area contributed by atoms with Gasteiger partial charge in [-0.25, -0.2) is 16.8 Å². The van der Waals surface area contributed by atoms with Gasteiger partial charge in [-0.05, 0) is 143 Å². The van der Waals surface area contributed by atoms with Gasteiger partial charge in [0.2, 0.25) is 17.5 Å². The molecule has 2 aliphatic rings. The summed E-state index contributed by atoms with van der Waals surface area (Å²) in [6.45, 7) is 13.8. The number of hydrogen-bond donors (Lipinski definition) is 2. The molecule has 0 unspecified atom stereocenters. The van der Waals surface area contributed by atoms with Crippen molar-refractivity contribution in [1.29, 1.82) is 0 Å². The van der Waals surface area contributed by atoms with Gasteiger partial charge in [0.1, 0.15) is 32.5 Å². The molecule has 0 saturated carbocycles. The van der Waals surface area contributed by atoms with Crippen molar-refractivity contribution >= 4 is 77.5 Å². The molecule has 7 rings (SSSR count). The molecule has 0 atom stereocenters. The number of aromatic nitrogens is 1. The average Bonchev–Trinajstić information content (AvgIpc) is 3.84. The largest absolute Gasteiger partial charge is 1.00 e. The van der Waals surface area contributed by atoms with Gasteiger partial charge in [-0.1, -0.05) is 43.7 Å². The molecule has 0 bridgehead atoms. The predicted octanol–water partition coefficient (Wildman–Crippen LogP) is 6.12. The molecule has 0 saturated heterocycles. The van der Waals surface area contributed by atoms with E-state index in [9.17, 15) is 40.3 Å². The van der Waals surface area contributed by atoms with Crippen LogP contribution in [0.2, 0.25) is 5.02 Å². The van der Waals surface area contributed by atoms with Crippen LogP contribution in [0.5, 0.6) is 5.75 Å². The van der Waals surface area contributed by atoms with E-state index in [-0.39, 0.29) is 85.3 Å². The number of fused-ring (bicyclic) bond motifs is 3. The van der Waals surface area contributed by atoms with Crippen molar-refractivity contribution in [2.75, 3.05) is 38.2 Å². The standard InChI is InChI=1S/C56H64ClN5O10S2.K/c1-8-60-48-28-25-41(73(66,67)68)34-45(48)55(3,4)50(60)17-11-9-12-18-51-56(5,6)46-35-42(74(69,70)71)26-29-49(46)61(51)32-16-10-13-19-52(63)58-30-14-15-31-59-53(64)36-43-37(2)62(47-27-24-40(72-7)33-44(43)47)54(65)38-20-22-39(57)23-21-38;/h9,11-12,17-18,20-29,33-35H,8,10,13-16,19,30-32,36H2,1-7H3,(H3-,58,59,63,64,66,67,68,69,70,71);/q;+1/p-1. The van der Waals surface area contributed by atoms with Crippen LogP contribution in [0.4, 0.5) is 11.4 Å². The molecule has 0 radical (unpaired) electrons. The van der Waals surface area contributed by atoms with Crippen LogP contribution >= 0.6 is 11.6 Å². The number of carbonyl (C=O) groups is 3. The number of nitrogens with one attached hydrogen (secondary N) is 2. The quantitative estimate of drug-likeness (QED) is 0.0281. The van der Waals surface area contributed by atoms with Crippen LogP contribution in [-0.2, 0) is 47.1 Å². The van der Waals surface area contributed by atoms with Gasteiger partial charge in [0, 0.05) is 88.6 Å². The summed E-state index contributed by atoms with van der Waals surface area (Å²) in [5.41, 5.74) is 6.21. The monoisotopic (exact) mass is 1100 g/mol. The number of amides is 2. The summed E-state index contributed by atoms with van der Waals surface area (Å²) in [6, 6.07) is 21.1. The molecule has 19 heteroatoms. The number of benzene rings is 4. The molecule has 1 aromatic heterocycles. The van der Waals surface area contributed by atoms with Crippen LogP contribution in [0, 0.1) is 6.92 Å². The number of halogens is 1. The summed E-state index contributed by atoms with van der Waals surface area (Å²) in [5, 5.41) is 7.24. The first-order chi connectivity index (χ1) is 35.0. The van der Waals surface area contributed by atoms with E-state index < -0.39 is 31.1 Å². The molecule has 3 heterocycles. The van der Waals surface area contributed by atoms with E-state index in [0.717, 1.165) is 52.1 Å². The molecule has 4 aromatic carbocycles. The van der Waals surface area contributed by atoms with Gasteiger partial charge >= 0.3 is 51.4 Å². The van der Waals surface area contributed by atoms with E-state index in [1.165, 1.54) is 24.3 Å². The fourth-order valence-corrected chi connectivity index (χ4v) is 11.2. The van der Waals surface area contributed by atoms with Crippen LogP contribution in [0.15, 0.2) is 125 Å². The maximum atomic E-state index is 13.7. The third-order valence-electron chi connectivity index (χ3n) is 14.1. The topological polar surface area (TPSA) is 210 Å². The first-order valence-electron chi connectivity index (χ1n) is 24.7. The number of likely N-dealkylation sites (N-methyl/N-ethyl adjacent to an activating group) is 1. The Morgan fingerprint density at radius 1 is 0.760 bits per heavy atom. The minimum atomic E-state index is -4.70. The van der Waals surface area contributed by atoms with Gasteiger partial charge in [-0.3, -0.25) is 19.0 Å². The van der Waals surface area contributed by atoms with Gasteiger partial charge < -0.3 is 29.4 Å². The molecular weight excluding hydrogens is 1040 g/mol. The molecule has 2 amide bonds. The zero-order chi connectivity index (χ0) is 53.8. The molecular formula is C56H63ClKN5O10S2. The molecule has 0 aliphatic carbocycles. The second-order valence-corrected chi connectivity index (χ2v) is 22.8. The summed E-state index contributed by atoms with van der Waals surface area (Å²) in [5.74, 6) is 0.124. The minimum Gasteiger partial charge on any atom is -0.744 e. The third kappa shape index (κ3) is 13.3. The number of nitrogens with zero attached hydrogens (tertiary/aromatic N) is 3. The predicted molar refractivity (Wildman–Crippen MR) is 286 cm³/mol. The normalized spacial score (nSPS) is 15.4. The Kier molecular flexibility index (Phi) is 19.6. The van der Waals surface area contributed by atoms with Crippen LogP contribution < -0.4 is 71.7 Å². The van der Waals surface area contributed by atoms with Gasteiger partial charge in [-0.15, -0.1) is 0 Å². The van der Waals surface area contributed by atoms with Crippen molar-refractivity contribution in [2.45, 2.75) is 107 Å². The Hall–Kier alpha value is -4.73.